The third-order valence-electron chi connectivity index (χ3n) is 5.17. The van der Waals surface area contributed by atoms with Crippen LogP contribution in [0.25, 0.3) is 0 Å². The highest BCUT2D eigenvalue weighted by molar-refractivity contribution is 5.24. The van der Waals surface area contributed by atoms with Crippen LogP contribution in [0, 0.1) is 30.1 Å². The Morgan fingerprint density at radius 3 is 2.65 bits per heavy atom. The van der Waals surface area contributed by atoms with Crippen molar-refractivity contribution in [1.82, 2.24) is 5.32 Å². The van der Waals surface area contributed by atoms with Crippen LogP contribution in [0.2, 0.25) is 0 Å². The monoisotopic (exact) mass is 271 g/mol. The Labute approximate surface area is 124 Å². The summed E-state index contributed by atoms with van der Waals surface area (Å²) in [6, 6.07) is 9.13. The molecular weight excluding hydrogens is 242 g/mol. The second-order valence-electron chi connectivity index (χ2n) is 7.85. The van der Waals surface area contributed by atoms with Crippen molar-refractivity contribution in [2.24, 2.45) is 23.2 Å². The number of hydrogen-bond acceptors (Lipinski definition) is 1. The number of nitrogens with one attached hydrogen (secondary N) is 1. The number of hydrogen-bond donors (Lipinski definition) is 1. The van der Waals surface area contributed by atoms with Crippen LogP contribution < -0.4 is 5.32 Å². The van der Waals surface area contributed by atoms with Crippen LogP contribution in [0.15, 0.2) is 24.3 Å². The highest BCUT2D eigenvalue weighted by atomic mass is 14.9. The molecule has 2 fully saturated rings. The highest BCUT2D eigenvalue weighted by Crippen LogP contribution is 2.60. The lowest BCUT2D eigenvalue weighted by atomic mass is 9.77. The molecule has 1 aromatic carbocycles. The Bertz CT molecular complexity index is 453. The molecule has 0 bridgehead atoms. The summed E-state index contributed by atoms with van der Waals surface area (Å²) in [5, 5.41) is 3.74. The SMILES string of the molecule is Cc1cccc(CC2(CNCC(C)C)CC3CC3C2)c1. The van der Waals surface area contributed by atoms with E-state index in [9.17, 15) is 0 Å². The molecule has 1 N–H and O–H groups in total. The molecule has 0 aliphatic heterocycles. The molecule has 0 amide bonds. The normalized spacial score (nSPS) is 31.6. The molecule has 0 radical (unpaired) electrons. The van der Waals surface area contributed by atoms with Crippen molar-refractivity contribution in [3.05, 3.63) is 35.4 Å². The van der Waals surface area contributed by atoms with Crippen molar-refractivity contribution < 1.29 is 0 Å². The van der Waals surface area contributed by atoms with E-state index in [1.165, 1.54) is 43.4 Å². The summed E-state index contributed by atoms with van der Waals surface area (Å²) in [4.78, 5) is 0. The van der Waals surface area contributed by atoms with Gasteiger partial charge in [-0.3, -0.25) is 0 Å². The first-order valence-electron chi connectivity index (χ1n) is 8.33. The lowest BCUT2D eigenvalue weighted by molar-refractivity contribution is 0.245. The molecule has 0 saturated heterocycles. The maximum atomic E-state index is 3.74. The molecule has 0 spiro atoms. The third-order valence-corrected chi connectivity index (χ3v) is 5.17. The Hall–Kier alpha value is -0.820. The summed E-state index contributed by atoms with van der Waals surface area (Å²) in [5.41, 5.74) is 3.48. The van der Waals surface area contributed by atoms with Gasteiger partial charge in [-0.25, -0.2) is 0 Å². The van der Waals surface area contributed by atoms with Crippen molar-refractivity contribution in [2.75, 3.05) is 13.1 Å². The number of fused-ring (bicyclic) bond motifs is 1. The largest absolute Gasteiger partial charge is 0.316 e. The summed E-state index contributed by atoms with van der Waals surface area (Å²) in [5.74, 6) is 2.86. The highest BCUT2D eigenvalue weighted by Gasteiger charge is 2.53. The topological polar surface area (TPSA) is 12.0 Å². The molecular formula is C19H29N. The maximum Gasteiger partial charge on any atom is 0.00113 e. The number of rotatable bonds is 6. The van der Waals surface area contributed by atoms with Crippen LogP contribution in [0.4, 0.5) is 0 Å². The van der Waals surface area contributed by atoms with Crippen molar-refractivity contribution in [1.29, 1.82) is 0 Å². The van der Waals surface area contributed by atoms with E-state index >= 15 is 0 Å². The van der Waals surface area contributed by atoms with Crippen molar-refractivity contribution in [3.8, 4) is 0 Å². The van der Waals surface area contributed by atoms with Gasteiger partial charge in [0.25, 0.3) is 0 Å². The fraction of sp³-hybridized carbons (Fsp3) is 0.684. The minimum absolute atomic E-state index is 0.538. The standard InChI is InChI=1S/C19H29N/c1-14(2)12-20-13-19(10-17-8-18(17)11-19)9-16-6-4-5-15(3)7-16/h4-7,14,17-18,20H,8-13H2,1-3H3. The van der Waals surface area contributed by atoms with Crippen molar-refractivity contribution >= 4 is 0 Å². The molecule has 2 unspecified atom stereocenters. The molecule has 20 heavy (non-hydrogen) atoms. The molecule has 110 valence electrons. The van der Waals surface area contributed by atoms with E-state index in [0.717, 1.165) is 24.3 Å². The lowest BCUT2D eigenvalue weighted by Crippen LogP contribution is -2.36. The average molecular weight is 271 g/mol. The third kappa shape index (κ3) is 3.25. The minimum Gasteiger partial charge on any atom is -0.316 e. The fourth-order valence-electron chi connectivity index (χ4n) is 4.24. The van der Waals surface area contributed by atoms with E-state index in [0.29, 0.717) is 5.41 Å². The van der Waals surface area contributed by atoms with Gasteiger partial charge in [-0.2, -0.15) is 0 Å². The van der Waals surface area contributed by atoms with Gasteiger partial charge in [-0.1, -0.05) is 43.7 Å². The summed E-state index contributed by atoms with van der Waals surface area (Å²) in [6.45, 7) is 9.18. The first-order chi connectivity index (χ1) is 9.56. The first kappa shape index (κ1) is 14.1. The van der Waals surface area contributed by atoms with E-state index in [-0.39, 0.29) is 0 Å². The van der Waals surface area contributed by atoms with Crippen LogP contribution in [0.3, 0.4) is 0 Å². The Balaban J connectivity index is 1.66. The van der Waals surface area contributed by atoms with Crippen LogP contribution in [0.5, 0.6) is 0 Å². The summed E-state index contributed by atoms with van der Waals surface area (Å²) >= 11 is 0. The second-order valence-corrected chi connectivity index (χ2v) is 7.85. The number of benzene rings is 1. The van der Waals surface area contributed by atoms with Crippen LogP contribution in [-0.2, 0) is 6.42 Å². The maximum absolute atomic E-state index is 3.74. The molecule has 2 aliphatic carbocycles. The van der Waals surface area contributed by atoms with Gasteiger partial charge >= 0.3 is 0 Å². The molecule has 3 rings (SSSR count). The Morgan fingerprint density at radius 2 is 2.00 bits per heavy atom. The molecule has 1 nitrogen and oxygen atoms in total. The van der Waals surface area contributed by atoms with Gasteiger partial charge in [0.2, 0.25) is 0 Å². The number of aryl methyl sites for hydroxylation is 1. The zero-order valence-corrected chi connectivity index (χ0v) is 13.3. The Kier molecular flexibility index (Phi) is 3.90. The summed E-state index contributed by atoms with van der Waals surface area (Å²) < 4.78 is 0. The molecule has 0 aromatic heterocycles. The van der Waals surface area contributed by atoms with E-state index in [1.54, 1.807) is 0 Å². The minimum atomic E-state index is 0.538. The zero-order valence-electron chi connectivity index (χ0n) is 13.3. The van der Waals surface area contributed by atoms with Gasteiger partial charge in [0.05, 0.1) is 0 Å². The summed E-state index contributed by atoms with van der Waals surface area (Å²) in [6.07, 6.45) is 5.69. The lowest BCUT2D eigenvalue weighted by Gasteiger charge is -2.32. The Morgan fingerprint density at radius 1 is 1.25 bits per heavy atom. The van der Waals surface area contributed by atoms with Gasteiger partial charge in [-0.05, 0) is 67.9 Å². The van der Waals surface area contributed by atoms with Gasteiger partial charge in [0.1, 0.15) is 0 Å². The van der Waals surface area contributed by atoms with Gasteiger partial charge < -0.3 is 5.32 Å². The predicted octanol–water partition coefficient (Wildman–Crippen LogP) is 4.20. The molecule has 1 heteroatoms. The average Bonchev–Trinajstić information content (AvgIpc) is 2.97. The molecule has 2 saturated carbocycles. The first-order valence-corrected chi connectivity index (χ1v) is 8.33. The molecule has 2 aliphatic rings. The zero-order chi connectivity index (χ0) is 14.2. The van der Waals surface area contributed by atoms with Gasteiger partial charge in [-0.15, -0.1) is 0 Å². The molecule has 2 atom stereocenters. The quantitative estimate of drug-likeness (QED) is 0.817. The van der Waals surface area contributed by atoms with Crippen LogP contribution in [-0.4, -0.2) is 13.1 Å². The van der Waals surface area contributed by atoms with E-state index in [4.69, 9.17) is 0 Å². The van der Waals surface area contributed by atoms with Gasteiger partial charge in [0, 0.05) is 6.54 Å². The van der Waals surface area contributed by atoms with E-state index in [2.05, 4.69) is 50.4 Å². The fourth-order valence-corrected chi connectivity index (χ4v) is 4.24. The van der Waals surface area contributed by atoms with Crippen LogP contribution >= 0.6 is 0 Å². The molecule has 1 aromatic rings. The van der Waals surface area contributed by atoms with Gasteiger partial charge in [0.15, 0.2) is 0 Å². The van der Waals surface area contributed by atoms with Crippen molar-refractivity contribution in [3.63, 3.8) is 0 Å². The second kappa shape index (κ2) is 5.52. The predicted molar refractivity (Wildman–Crippen MR) is 85.9 cm³/mol. The summed E-state index contributed by atoms with van der Waals surface area (Å²) in [7, 11) is 0. The smallest absolute Gasteiger partial charge is 0.00113 e. The van der Waals surface area contributed by atoms with Crippen LogP contribution in [0.1, 0.15) is 44.2 Å². The van der Waals surface area contributed by atoms with E-state index in [1.807, 2.05) is 0 Å². The molecule has 0 heterocycles. The van der Waals surface area contributed by atoms with E-state index < -0.39 is 0 Å². The van der Waals surface area contributed by atoms with Crippen molar-refractivity contribution in [2.45, 2.75) is 46.5 Å².